The zero-order chi connectivity index (χ0) is 14.9. The number of halogens is 1. The summed E-state index contributed by atoms with van der Waals surface area (Å²) in [6.07, 6.45) is 10.9. The molecule has 1 aliphatic rings. The van der Waals surface area contributed by atoms with Crippen molar-refractivity contribution < 1.29 is 4.74 Å². The molecular weight excluding hydrogens is 328 g/mol. The first kappa shape index (κ1) is 16.7. The van der Waals surface area contributed by atoms with Crippen LogP contribution in [0.4, 0.5) is 0 Å². The maximum atomic E-state index is 5.10. The van der Waals surface area contributed by atoms with Crippen molar-refractivity contribution in [3.8, 4) is 0 Å². The van der Waals surface area contributed by atoms with Crippen molar-refractivity contribution in [3.63, 3.8) is 0 Å². The van der Waals surface area contributed by atoms with E-state index in [2.05, 4.69) is 44.4 Å². The van der Waals surface area contributed by atoms with Crippen molar-refractivity contribution in [2.24, 2.45) is 5.92 Å². The van der Waals surface area contributed by atoms with E-state index in [4.69, 9.17) is 4.74 Å². The van der Waals surface area contributed by atoms with Gasteiger partial charge in [-0.25, -0.2) is 0 Å². The number of nitrogens with one attached hydrogen (secondary N) is 1. The zero-order valence-electron chi connectivity index (χ0n) is 12.8. The lowest BCUT2D eigenvalue weighted by atomic mass is 9.83. The van der Waals surface area contributed by atoms with Gasteiger partial charge in [0.15, 0.2) is 0 Å². The van der Waals surface area contributed by atoms with E-state index >= 15 is 0 Å². The maximum absolute atomic E-state index is 5.10. The van der Waals surface area contributed by atoms with Gasteiger partial charge in [0.25, 0.3) is 0 Å². The minimum Gasteiger partial charge on any atom is -0.383 e. The van der Waals surface area contributed by atoms with Gasteiger partial charge >= 0.3 is 0 Å². The number of hydrogen-bond acceptors (Lipinski definition) is 3. The lowest BCUT2D eigenvalue weighted by molar-refractivity contribution is 0.200. The lowest BCUT2D eigenvalue weighted by Gasteiger charge is -2.25. The molecule has 4 heteroatoms. The van der Waals surface area contributed by atoms with Crippen LogP contribution in [-0.4, -0.2) is 31.8 Å². The molecule has 2 rings (SSSR count). The number of nitrogens with zero attached hydrogens (tertiary/aromatic N) is 1. The highest BCUT2D eigenvalue weighted by atomic mass is 79.9. The summed E-state index contributed by atoms with van der Waals surface area (Å²) < 4.78 is 6.13. The minimum atomic E-state index is 0.708. The quantitative estimate of drug-likeness (QED) is 0.751. The topological polar surface area (TPSA) is 34.1 Å². The van der Waals surface area contributed by atoms with Crippen molar-refractivity contribution in [2.75, 3.05) is 26.8 Å². The minimum absolute atomic E-state index is 0.708. The summed E-state index contributed by atoms with van der Waals surface area (Å²) in [4.78, 5) is 4.48. The van der Waals surface area contributed by atoms with E-state index in [-0.39, 0.29) is 0 Å². The molecule has 1 fully saturated rings. The molecule has 21 heavy (non-hydrogen) atoms. The van der Waals surface area contributed by atoms with E-state index in [1.165, 1.54) is 37.7 Å². The van der Waals surface area contributed by atoms with Crippen molar-refractivity contribution in [1.29, 1.82) is 0 Å². The van der Waals surface area contributed by atoms with Crippen LogP contribution in [0.15, 0.2) is 28.4 Å². The van der Waals surface area contributed by atoms with Crippen LogP contribution >= 0.6 is 15.9 Å². The average Bonchev–Trinajstić information content (AvgIpc) is 2.53. The molecule has 1 aromatic rings. The van der Waals surface area contributed by atoms with Crippen molar-refractivity contribution in [3.05, 3.63) is 34.1 Å². The molecule has 0 saturated heterocycles. The summed E-state index contributed by atoms with van der Waals surface area (Å²) in [6, 6.07) is 4.12. The first-order valence-electron chi connectivity index (χ1n) is 7.81. The Labute approximate surface area is 136 Å². The highest BCUT2D eigenvalue weighted by molar-refractivity contribution is 9.10. The number of rotatable bonds is 7. The Morgan fingerprint density at radius 2 is 2.19 bits per heavy atom. The summed E-state index contributed by atoms with van der Waals surface area (Å²) in [7, 11) is 1.74. The maximum Gasteiger partial charge on any atom is 0.0630 e. The fraction of sp³-hybridized carbons (Fsp3) is 0.588. The number of hydrogen-bond donors (Lipinski definition) is 1. The van der Waals surface area contributed by atoms with E-state index in [1.807, 2.05) is 6.20 Å². The molecule has 0 atom stereocenters. The van der Waals surface area contributed by atoms with E-state index in [1.54, 1.807) is 7.11 Å². The van der Waals surface area contributed by atoms with Crippen LogP contribution in [0.3, 0.4) is 0 Å². The van der Waals surface area contributed by atoms with Gasteiger partial charge in [-0.05, 0) is 52.9 Å². The molecule has 0 bridgehead atoms. The SMILES string of the molecule is COCCNC/C(=C/c1ccc(Br)cn1)C1CCCCC1. The molecule has 1 saturated carbocycles. The third-order valence-electron chi connectivity index (χ3n) is 4.03. The second kappa shape index (κ2) is 9.34. The Balaban J connectivity index is 2.04. The van der Waals surface area contributed by atoms with Gasteiger partial charge in [-0.3, -0.25) is 4.98 Å². The van der Waals surface area contributed by atoms with Crippen LogP contribution in [-0.2, 0) is 4.74 Å². The first-order valence-corrected chi connectivity index (χ1v) is 8.60. The fourth-order valence-corrected chi connectivity index (χ4v) is 3.09. The molecule has 1 aliphatic carbocycles. The predicted molar refractivity (Wildman–Crippen MR) is 91.2 cm³/mol. The van der Waals surface area contributed by atoms with Crippen LogP contribution in [0.2, 0.25) is 0 Å². The highest BCUT2D eigenvalue weighted by Crippen LogP contribution is 2.30. The lowest BCUT2D eigenvalue weighted by Crippen LogP contribution is -2.25. The molecule has 3 nitrogen and oxygen atoms in total. The second-order valence-corrected chi connectivity index (χ2v) is 6.54. The summed E-state index contributed by atoms with van der Waals surface area (Å²) in [5, 5.41) is 3.49. The van der Waals surface area contributed by atoms with Crippen LogP contribution in [0.25, 0.3) is 6.08 Å². The van der Waals surface area contributed by atoms with Crippen LogP contribution < -0.4 is 5.32 Å². The van der Waals surface area contributed by atoms with Gasteiger partial charge in [-0.1, -0.05) is 24.8 Å². The average molecular weight is 353 g/mol. The number of aromatic nitrogens is 1. The molecule has 1 aromatic heterocycles. The van der Waals surface area contributed by atoms with Gasteiger partial charge in [0.1, 0.15) is 0 Å². The molecule has 0 aliphatic heterocycles. The van der Waals surface area contributed by atoms with Crippen LogP contribution in [0, 0.1) is 5.92 Å². The summed E-state index contributed by atoms with van der Waals surface area (Å²) >= 11 is 3.44. The van der Waals surface area contributed by atoms with Gasteiger partial charge in [0.05, 0.1) is 12.3 Å². The largest absolute Gasteiger partial charge is 0.383 e. The molecule has 116 valence electrons. The summed E-state index contributed by atoms with van der Waals surface area (Å²) in [6.45, 7) is 2.59. The smallest absolute Gasteiger partial charge is 0.0630 e. The van der Waals surface area contributed by atoms with E-state index in [9.17, 15) is 0 Å². The molecule has 0 spiro atoms. The molecular formula is C17H25BrN2O. The predicted octanol–water partition coefficient (Wildman–Crippen LogP) is 4.04. The molecule has 0 amide bonds. The molecule has 0 unspecified atom stereocenters. The van der Waals surface area contributed by atoms with E-state index in [0.717, 1.165) is 29.9 Å². The highest BCUT2D eigenvalue weighted by Gasteiger charge is 2.17. The fourth-order valence-electron chi connectivity index (χ4n) is 2.86. The first-order chi connectivity index (χ1) is 10.3. The van der Waals surface area contributed by atoms with Crippen molar-refractivity contribution >= 4 is 22.0 Å². The zero-order valence-corrected chi connectivity index (χ0v) is 14.4. The van der Waals surface area contributed by atoms with Crippen molar-refractivity contribution in [1.82, 2.24) is 10.3 Å². The summed E-state index contributed by atoms with van der Waals surface area (Å²) in [5.41, 5.74) is 2.54. The Morgan fingerprint density at radius 1 is 1.38 bits per heavy atom. The summed E-state index contributed by atoms with van der Waals surface area (Å²) in [5.74, 6) is 0.708. The molecule has 1 heterocycles. The van der Waals surface area contributed by atoms with Crippen LogP contribution in [0.5, 0.6) is 0 Å². The Morgan fingerprint density at radius 3 is 2.86 bits per heavy atom. The molecule has 1 N–H and O–H groups in total. The molecule has 0 radical (unpaired) electrons. The van der Waals surface area contributed by atoms with Gasteiger partial charge in [-0.2, -0.15) is 0 Å². The molecule has 0 aromatic carbocycles. The Hall–Kier alpha value is -0.710. The third kappa shape index (κ3) is 5.89. The standard InChI is InChI=1S/C17H25BrN2O/c1-21-10-9-19-12-15(14-5-3-2-4-6-14)11-17-8-7-16(18)13-20-17/h7-8,11,13-14,19H,2-6,9-10,12H2,1H3/b15-11-. The normalized spacial score (nSPS) is 17.1. The monoisotopic (exact) mass is 352 g/mol. The van der Waals surface area contributed by atoms with E-state index in [0.29, 0.717) is 5.92 Å². The van der Waals surface area contributed by atoms with Crippen molar-refractivity contribution in [2.45, 2.75) is 32.1 Å². The Kier molecular flexibility index (Phi) is 7.41. The van der Waals surface area contributed by atoms with Gasteiger partial charge in [0, 0.05) is 30.9 Å². The van der Waals surface area contributed by atoms with Crippen LogP contribution in [0.1, 0.15) is 37.8 Å². The Bertz CT molecular complexity index is 439. The number of methoxy groups -OCH3 is 1. The third-order valence-corrected chi connectivity index (χ3v) is 4.49. The van der Waals surface area contributed by atoms with Gasteiger partial charge < -0.3 is 10.1 Å². The number of ether oxygens (including phenoxy) is 1. The van der Waals surface area contributed by atoms with E-state index < -0.39 is 0 Å². The van der Waals surface area contributed by atoms with Gasteiger partial charge in [-0.15, -0.1) is 0 Å². The van der Waals surface area contributed by atoms with Gasteiger partial charge in [0.2, 0.25) is 0 Å². The second-order valence-electron chi connectivity index (χ2n) is 5.63. The number of pyridine rings is 1.